The van der Waals surface area contributed by atoms with Crippen LogP contribution in [0.1, 0.15) is 0 Å². The van der Waals surface area contributed by atoms with E-state index in [1.54, 1.807) is 24.2 Å². The first kappa shape index (κ1) is 17.6. The molecule has 9 heteroatoms. The molecule has 0 spiro atoms. The van der Waals surface area contributed by atoms with E-state index in [0.29, 0.717) is 17.4 Å². The van der Waals surface area contributed by atoms with Crippen LogP contribution in [0.15, 0.2) is 47.1 Å². The van der Waals surface area contributed by atoms with Crippen LogP contribution in [0.4, 0.5) is 5.95 Å². The number of hydrogen-bond donors (Lipinski definition) is 1. The maximum atomic E-state index is 5.69. The Balaban J connectivity index is 1.40. The van der Waals surface area contributed by atoms with Crippen LogP contribution in [0.5, 0.6) is 5.75 Å². The molecule has 0 saturated carbocycles. The third-order valence-corrected chi connectivity index (χ3v) is 4.92. The summed E-state index contributed by atoms with van der Waals surface area (Å²) in [6.07, 6.45) is 3.55. The molecular weight excluding hydrogens is 364 g/mol. The Kier molecular flexibility index (Phi) is 5.12. The van der Waals surface area contributed by atoms with Gasteiger partial charge in [-0.25, -0.2) is 9.97 Å². The summed E-state index contributed by atoms with van der Waals surface area (Å²) in [5.74, 6) is 2.11. The standard InChI is InChI=1S/C18H20N6O2S/c1-25-15-5-3-14(4-6-15)16-21-24(18(27)26-16)13-22-9-11-23(12-10-22)17-19-7-2-8-20-17/h2-8H,9-13H2,1H3/p+1. The number of nitrogens with zero attached hydrogens (tertiary/aromatic N) is 5. The van der Waals surface area contributed by atoms with Crippen LogP contribution in [0.2, 0.25) is 0 Å². The molecule has 0 aliphatic carbocycles. The highest BCUT2D eigenvalue weighted by Gasteiger charge is 2.23. The average Bonchev–Trinajstić information content (AvgIpc) is 3.09. The molecule has 27 heavy (non-hydrogen) atoms. The van der Waals surface area contributed by atoms with Crippen molar-refractivity contribution >= 4 is 18.2 Å². The fourth-order valence-electron chi connectivity index (χ4n) is 3.10. The van der Waals surface area contributed by atoms with Gasteiger partial charge in [-0.2, -0.15) is 4.68 Å². The molecule has 0 bridgehead atoms. The molecular formula is C18H21N6O2S+. The molecule has 1 aliphatic heterocycles. The molecule has 0 amide bonds. The number of piperazine rings is 1. The molecule has 8 nitrogen and oxygen atoms in total. The first-order chi connectivity index (χ1) is 13.2. The van der Waals surface area contributed by atoms with Gasteiger partial charge < -0.3 is 19.0 Å². The molecule has 140 valence electrons. The van der Waals surface area contributed by atoms with Gasteiger partial charge in [-0.15, -0.1) is 5.10 Å². The van der Waals surface area contributed by atoms with E-state index in [4.69, 9.17) is 21.4 Å². The molecule has 3 aromatic rings. The van der Waals surface area contributed by atoms with Crippen LogP contribution in [-0.4, -0.2) is 53.0 Å². The van der Waals surface area contributed by atoms with Gasteiger partial charge in [-0.3, -0.25) is 0 Å². The number of anilines is 1. The maximum Gasteiger partial charge on any atom is 0.292 e. The first-order valence-electron chi connectivity index (χ1n) is 8.81. The lowest BCUT2D eigenvalue weighted by Crippen LogP contribution is -3.14. The SMILES string of the molecule is COc1ccc(-c2nn(C[NH+]3CCN(c4ncccn4)CC3)c(=S)o2)cc1. The second-order valence-electron chi connectivity index (χ2n) is 6.35. The van der Waals surface area contributed by atoms with Crippen molar-refractivity contribution in [2.45, 2.75) is 6.67 Å². The molecule has 0 atom stereocenters. The van der Waals surface area contributed by atoms with E-state index in [1.165, 1.54) is 4.90 Å². The van der Waals surface area contributed by atoms with Gasteiger partial charge in [0.05, 0.1) is 33.3 Å². The third-order valence-electron chi connectivity index (χ3n) is 4.62. The number of rotatable bonds is 5. The summed E-state index contributed by atoms with van der Waals surface area (Å²) >= 11 is 5.36. The number of quaternary nitrogens is 1. The fraction of sp³-hybridized carbons (Fsp3) is 0.333. The number of methoxy groups -OCH3 is 1. The summed E-state index contributed by atoms with van der Waals surface area (Å²) < 4.78 is 12.6. The monoisotopic (exact) mass is 385 g/mol. The topological polar surface area (TPSA) is 73.7 Å². The molecule has 1 N–H and O–H groups in total. The van der Waals surface area contributed by atoms with Crippen molar-refractivity contribution in [2.24, 2.45) is 0 Å². The minimum atomic E-state index is 0.391. The largest absolute Gasteiger partial charge is 0.497 e. The van der Waals surface area contributed by atoms with Crippen molar-refractivity contribution in [3.8, 4) is 17.2 Å². The van der Waals surface area contributed by atoms with Crippen LogP contribution >= 0.6 is 12.2 Å². The van der Waals surface area contributed by atoms with E-state index < -0.39 is 0 Å². The smallest absolute Gasteiger partial charge is 0.292 e. The van der Waals surface area contributed by atoms with Crippen LogP contribution < -0.4 is 14.5 Å². The molecule has 2 aromatic heterocycles. The zero-order chi connectivity index (χ0) is 18.6. The van der Waals surface area contributed by atoms with Gasteiger partial charge in [0.25, 0.3) is 4.84 Å². The predicted octanol–water partition coefficient (Wildman–Crippen LogP) is 1.03. The van der Waals surface area contributed by atoms with Crippen molar-refractivity contribution in [1.82, 2.24) is 19.7 Å². The molecule has 4 rings (SSSR count). The van der Waals surface area contributed by atoms with Gasteiger partial charge in [0.15, 0.2) is 6.67 Å². The molecule has 1 saturated heterocycles. The zero-order valence-electron chi connectivity index (χ0n) is 15.0. The third kappa shape index (κ3) is 3.99. The summed E-state index contributed by atoms with van der Waals surface area (Å²) in [7, 11) is 1.64. The summed E-state index contributed by atoms with van der Waals surface area (Å²) in [4.78, 5) is 12.6. The fourth-order valence-corrected chi connectivity index (χ4v) is 3.29. The van der Waals surface area contributed by atoms with E-state index in [9.17, 15) is 0 Å². The van der Waals surface area contributed by atoms with Gasteiger partial charge >= 0.3 is 0 Å². The lowest BCUT2D eigenvalue weighted by Gasteiger charge is -2.31. The van der Waals surface area contributed by atoms with E-state index in [2.05, 4.69) is 20.0 Å². The predicted molar refractivity (Wildman–Crippen MR) is 102 cm³/mol. The lowest BCUT2D eigenvalue weighted by molar-refractivity contribution is -0.924. The zero-order valence-corrected chi connectivity index (χ0v) is 15.9. The van der Waals surface area contributed by atoms with Gasteiger partial charge in [0.1, 0.15) is 5.75 Å². The summed E-state index contributed by atoms with van der Waals surface area (Å²) in [5, 5.41) is 4.55. The minimum absolute atomic E-state index is 0.391. The van der Waals surface area contributed by atoms with Crippen LogP contribution in [0, 0.1) is 4.84 Å². The van der Waals surface area contributed by atoms with Crippen molar-refractivity contribution in [2.75, 3.05) is 38.2 Å². The Bertz CT molecular complexity index is 932. The highest BCUT2D eigenvalue weighted by molar-refractivity contribution is 7.71. The van der Waals surface area contributed by atoms with Crippen molar-refractivity contribution in [3.63, 3.8) is 0 Å². The second-order valence-corrected chi connectivity index (χ2v) is 6.69. The van der Waals surface area contributed by atoms with Crippen LogP contribution in [0.3, 0.4) is 0 Å². The quantitative estimate of drug-likeness (QED) is 0.658. The highest BCUT2D eigenvalue weighted by Crippen LogP contribution is 2.21. The van der Waals surface area contributed by atoms with E-state index >= 15 is 0 Å². The van der Waals surface area contributed by atoms with E-state index in [-0.39, 0.29) is 0 Å². The Morgan fingerprint density at radius 2 is 1.85 bits per heavy atom. The number of hydrogen-bond acceptors (Lipinski definition) is 7. The Labute approximate surface area is 162 Å². The highest BCUT2D eigenvalue weighted by atomic mass is 32.1. The molecule has 1 aliphatic rings. The van der Waals surface area contributed by atoms with Gasteiger partial charge in [-0.1, -0.05) is 0 Å². The molecule has 0 unspecified atom stereocenters. The van der Waals surface area contributed by atoms with Crippen LogP contribution in [0.25, 0.3) is 11.5 Å². The first-order valence-corrected chi connectivity index (χ1v) is 9.21. The molecule has 1 fully saturated rings. The maximum absolute atomic E-state index is 5.69. The Hall–Kier alpha value is -2.78. The second kappa shape index (κ2) is 7.85. The molecule has 1 aromatic carbocycles. The summed E-state index contributed by atoms with van der Waals surface area (Å²) in [6.45, 7) is 4.41. The number of benzene rings is 1. The lowest BCUT2D eigenvalue weighted by atomic mass is 10.2. The summed E-state index contributed by atoms with van der Waals surface area (Å²) in [5.41, 5.74) is 0.877. The number of nitrogens with one attached hydrogen (secondary N) is 1. The van der Waals surface area contributed by atoms with Crippen molar-refractivity contribution in [1.29, 1.82) is 0 Å². The molecule has 3 heterocycles. The van der Waals surface area contributed by atoms with Gasteiger partial charge in [0.2, 0.25) is 11.8 Å². The minimum Gasteiger partial charge on any atom is -0.497 e. The number of ether oxygens (including phenoxy) is 1. The Morgan fingerprint density at radius 3 is 2.52 bits per heavy atom. The molecule has 0 radical (unpaired) electrons. The normalized spacial score (nSPS) is 15.1. The van der Waals surface area contributed by atoms with Crippen molar-refractivity contribution in [3.05, 3.63) is 47.6 Å². The van der Waals surface area contributed by atoms with E-state index in [0.717, 1.165) is 43.4 Å². The van der Waals surface area contributed by atoms with E-state index in [1.807, 2.05) is 30.3 Å². The van der Waals surface area contributed by atoms with Crippen molar-refractivity contribution < 1.29 is 14.1 Å². The van der Waals surface area contributed by atoms with Crippen LogP contribution in [-0.2, 0) is 6.67 Å². The van der Waals surface area contributed by atoms with Gasteiger partial charge in [-0.05, 0) is 42.5 Å². The average molecular weight is 385 g/mol. The Morgan fingerprint density at radius 1 is 1.15 bits per heavy atom. The number of aromatic nitrogens is 4. The van der Waals surface area contributed by atoms with Gasteiger partial charge in [0, 0.05) is 18.0 Å². The summed E-state index contributed by atoms with van der Waals surface area (Å²) in [6, 6.07) is 9.41.